The Hall–Kier alpha value is -0.120. The highest BCUT2D eigenvalue weighted by molar-refractivity contribution is 9.10. The molecule has 1 aromatic carbocycles. The van der Waals surface area contributed by atoms with Crippen LogP contribution in [-0.4, -0.2) is 13.6 Å². The van der Waals surface area contributed by atoms with Gasteiger partial charge >= 0.3 is 0 Å². The summed E-state index contributed by atoms with van der Waals surface area (Å²) in [4.78, 5) is 0. The van der Waals surface area contributed by atoms with Crippen molar-refractivity contribution in [3.8, 4) is 0 Å². The Bertz CT molecular complexity index is 490. The molecule has 2 atom stereocenters. The molecular weight excluding hydrogens is 341 g/mol. The maximum Gasteiger partial charge on any atom is 0.146 e. The van der Waals surface area contributed by atoms with Gasteiger partial charge in [-0.3, -0.25) is 0 Å². The minimum atomic E-state index is -0.259. The summed E-state index contributed by atoms with van der Waals surface area (Å²) in [5.41, 5.74) is 1.03. The van der Waals surface area contributed by atoms with E-state index in [9.17, 15) is 4.39 Å². The molecule has 1 aromatic rings. The van der Waals surface area contributed by atoms with E-state index in [1.165, 1.54) is 6.42 Å². The van der Waals surface area contributed by atoms with E-state index in [0.29, 0.717) is 10.4 Å². The van der Waals surface area contributed by atoms with Gasteiger partial charge in [-0.2, -0.15) is 0 Å². The summed E-state index contributed by atoms with van der Waals surface area (Å²) in [7, 11) is 1.96. The predicted molar refractivity (Wildman–Crippen MR) is 86.9 cm³/mol. The van der Waals surface area contributed by atoms with E-state index < -0.39 is 0 Å². The van der Waals surface area contributed by atoms with Crippen molar-refractivity contribution in [3.05, 3.63) is 33.0 Å². The zero-order chi connectivity index (χ0) is 14.9. The van der Waals surface area contributed by atoms with Crippen LogP contribution in [0.3, 0.4) is 0 Å². The molecule has 0 heterocycles. The fourth-order valence-corrected chi connectivity index (χ4v) is 3.82. The maximum atomic E-state index is 14.5. The fourth-order valence-electron chi connectivity index (χ4n) is 3.34. The van der Waals surface area contributed by atoms with Crippen LogP contribution in [0.5, 0.6) is 0 Å². The van der Waals surface area contributed by atoms with Gasteiger partial charge < -0.3 is 5.32 Å². The van der Waals surface area contributed by atoms with Gasteiger partial charge in [0, 0.05) is 4.47 Å². The van der Waals surface area contributed by atoms with Crippen LogP contribution < -0.4 is 5.32 Å². The quantitative estimate of drug-likeness (QED) is 0.713. The van der Waals surface area contributed by atoms with Crippen LogP contribution in [0, 0.1) is 17.2 Å². The molecule has 1 saturated carbocycles. The van der Waals surface area contributed by atoms with Gasteiger partial charge in [-0.15, -0.1) is 0 Å². The minimum Gasteiger partial charge on any atom is -0.319 e. The Labute approximate surface area is 134 Å². The van der Waals surface area contributed by atoms with Gasteiger partial charge in [-0.25, -0.2) is 4.39 Å². The van der Waals surface area contributed by atoms with Crippen molar-refractivity contribution in [1.82, 2.24) is 5.32 Å². The summed E-state index contributed by atoms with van der Waals surface area (Å²) < 4.78 is 15.2. The lowest BCUT2D eigenvalue weighted by atomic mass is 9.65. The van der Waals surface area contributed by atoms with E-state index in [1.807, 2.05) is 19.2 Å². The molecule has 1 aliphatic carbocycles. The Kier molecular flexibility index (Phi) is 5.14. The first-order valence-corrected chi connectivity index (χ1v) is 8.31. The molecule has 4 heteroatoms. The summed E-state index contributed by atoms with van der Waals surface area (Å²) >= 11 is 9.35. The number of benzene rings is 1. The molecule has 0 saturated heterocycles. The van der Waals surface area contributed by atoms with E-state index >= 15 is 0 Å². The summed E-state index contributed by atoms with van der Waals surface area (Å²) in [5, 5.41) is 3.45. The smallest absolute Gasteiger partial charge is 0.146 e. The van der Waals surface area contributed by atoms with Crippen LogP contribution in [0.1, 0.15) is 44.6 Å². The van der Waals surface area contributed by atoms with E-state index in [0.717, 1.165) is 24.9 Å². The van der Waals surface area contributed by atoms with Crippen molar-refractivity contribution in [1.29, 1.82) is 0 Å². The lowest BCUT2D eigenvalue weighted by Crippen LogP contribution is -2.34. The Morgan fingerprint density at radius 3 is 2.80 bits per heavy atom. The van der Waals surface area contributed by atoms with Gasteiger partial charge in [0.2, 0.25) is 0 Å². The third kappa shape index (κ3) is 3.37. The highest BCUT2D eigenvalue weighted by atomic mass is 79.9. The SMILES string of the molecule is CNCC1CCC(C)(C)CC1c1ccc(Br)c(Cl)c1F. The topological polar surface area (TPSA) is 12.0 Å². The molecular formula is C16H22BrClFN. The van der Waals surface area contributed by atoms with Crippen molar-refractivity contribution >= 4 is 27.5 Å². The summed E-state index contributed by atoms with van der Waals surface area (Å²) in [6.07, 6.45) is 3.33. The lowest BCUT2D eigenvalue weighted by Gasteiger charge is -2.41. The molecule has 0 aliphatic heterocycles. The number of nitrogens with one attached hydrogen (secondary N) is 1. The van der Waals surface area contributed by atoms with Gasteiger partial charge in [-0.1, -0.05) is 31.5 Å². The Morgan fingerprint density at radius 1 is 1.45 bits per heavy atom. The number of rotatable bonds is 3. The molecule has 20 heavy (non-hydrogen) atoms. The van der Waals surface area contributed by atoms with Crippen molar-refractivity contribution in [2.24, 2.45) is 11.3 Å². The number of hydrogen-bond acceptors (Lipinski definition) is 1. The van der Waals surface area contributed by atoms with E-state index in [2.05, 4.69) is 35.1 Å². The molecule has 112 valence electrons. The Morgan fingerprint density at radius 2 is 2.15 bits per heavy atom. The second-order valence-corrected chi connectivity index (χ2v) is 7.83. The third-order valence-corrected chi connectivity index (χ3v) is 5.72. The maximum absolute atomic E-state index is 14.5. The second-order valence-electron chi connectivity index (χ2n) is 6.60. The predicted octanol–water partition coefficient (Wildman–Crippen LogP) is 5.37. The standard InChI is InChI=1S/C16H22BrClFN/c1-16(2)7-6-10(9-20-3)12(8-16)11-4-5-13(17)14(18)15(11)19/h4-5,10,12,20H,6-9H2,1-3H3. The van der Waals surface area contributed by atoms with Crippen LogP contribution in [0.25, 0.3) is 0 Å². The van der Waals surface area contributed by atoms with E-state index in [-0.39, 0.29) is 22.2 Å². The van der Waals surface area contributed by atoms with Crippen LogP contribution in [-0.2, 0) is 0 Å². The molecule has 0 amide bonds. The minimum absolute atomic E-state index is 0.203. The first kappa shape index (κ1) is 16.3. The monoisotopic (exact) mass is 361 g/mol. The summed E-state index contributed by atoms with van der Waals surface area (Å²) in [5.74, 6) is 0.446. The van der Waals surface area contributed by atoms with Gasteiger partial charge in [-0.05, 0) is 77.7 Å². The van der Waals surface area contributed by atoms with E-state index in [4.69, 9.17) is 11.6 Å². The van der Waals surface area contributed by atoms with Gasteiger partial charge in [0.15, 0.2) is 0 Å². The average molecular weight is 363 g/mol. The van der Waals surface area contributed by atoms with Gasteiger partial charge in [0.1, 0.15) is 5.82 Å². The molecule has 1 aliphatic rings. The molecule has 0 aromatic heterocycles. The molecule has 1 fully saturated rings. The highest BCUT2D eigenvalue weighted by Crippen LogP contribution is 2.48. The van der Waals surface area contributed by atoms with Crippen LogP contribution in [0.15, 0.2) is 16.6 Å². The van der Waals surface area contributed by atoms with Crippen LogP contribution in [0.2, 0.25) is 5.02 Å². The lowest BCUT2D eigenvalue weighted by molar-refractivity contribution is 0.159. The normalized spacial score (nSPS) is 25.7. The van der Waals surface area contributed by atoms with Gasteiger partial charge in [0.05, 0.1) is 5.02 Å². The highest BCUT2D eigenvalue weighted by Gasteiger charge is 2.36. The molecule has 0 bridgehead atoms. The number of halogens is 3. The second kappa shape index (κ2) is 6.33. The average Bonchev–Trinajstić information content (AvgIpc) is 2.38. The Balaban J connectivity index is 2.37. The van der Waals surface area contributed by atoms with Crippen molar-refractivity contribution in [3.63, 3.8) is 0 Å². The molecule has 0 radical (unpaired) electrons. The molecule has 1 nitrogen and oxygen atoms in total. The van der Waals surface area contributed by atoms with E-state index in [1.54, 1.807) is 0 Å². The van der Waals surface area contributed by atoms with Crippen molar-refractivity contribution in [2.75, 3.05) is 13.6 Å². The zero-order valence-corrected chi connectivity index (χ0v) is 14.6. The largest absolute Gasteiger partial charge is 0.319 e. The molecule has 2 rings (SSSR count). The van der Waals surface area contributed by atoms with Crippen molar-refractivity contribution in [2.45, 2.75) is 39.0 Å². The summed E-state index contributed by atoms with van der Waals surface area (Å²) in [6.45, 7) is 5.47. The molecule has 1 N–H and O–H groups in total. The fraction of sp³-hybridized carbons (Fsp3) is 0.625. The number of hydrogen-bond donors (Lipinski definition) is 1. The third-order valence-electron chi connectivity index (χ3n) is 4.46. The van der Waals surface area contributed by atoms with Crippen LogP contribution in [0.4, 0.5) is 4.39 Å². The molecule has 0 spiro atoms. The van der Waals surface area contributed by atoms with Crippen LogP contribution >= 0.6 is 27.5 Å². The van der Waals surface area contributed by atoms with Gasteiger partial charge in [0.25, 0.3) is 0 Å². The zero-order valence-electron chi connectivity index (χ0n) is 12.3. The first-order valence-electron chi connectivity index (χ1n) is 7.14. The summed E-state index contributed by atoms with van der Waals surface area (Å²) in [6, 6.07) is 3.75. The van der Waals surface area contributed by atoms with Crippen molar-refractivity contribution < 1.29 is 4.39 Å². The first-order chi connectivity index (χ1) is 9.35. The molecule has 2 unspecified atom stereocenters.